The van der Waals surface area contributed by atoms with Crippen LogP contribution in [0.5, 0.6) is 0 Å². The van der Waals surface area contributed by atoms with Gasteiger partial charge in [0.2, 0.25) is 0 Å². The fourth-order valence-corrected chi connectivity index (χ4v) is 3.36. The zero-order chi connectivity index (χ0) is 13.5. The molecule has 3 nitrogen and oxygen atoms in total. The quantitative estimate of drug-likeness (QED) is 0.913. The highest BCUT2D eigenvalue weighted by Gasteiger charge is 2.45. The van der Waals surface area contributed by atoms with Crippen molar-refractivity contribution in [1.82, 2.24) is 9.88 Å². The van der Waals surface area contributed by atoms with Crippen molar-refractivity contribution in [2.75, 3.05) is 7.05 Å². The molecule has 1 aromatic carbocycles. The van der Waals surface area contributed by atoms with Gasteiger partial charge in [0.25, 0.3) is 0 Å². The van der Waals surface area contributed by atoms with Crippen molar-refractivity contribution in [3.63, 3.8) is 0 Å². The van der Waals surface area contributed by atoms with Gasteiger partial charge in [0.1, 0.15) is 0 Å². The average Bonchev–Trinajstić information content (AvgIpc) is 2.72. The van der Waals surface area contributed by atoms with Crippen LogP contribution in [0.15, 0.2) is 30.5 Å². The van der Waals surface area contributed by atoms with Gasteiger partial charge in [0, 0.05) is 24.1 Å². The first-order chi connectivity index (χ1) is 9.22. The molecule has 0 bridgehead atoms. The Hall–Kier alpha value is -1.79. The Balaban J connectivity index is 2.15. The van der Waals surface area contributed by atoms with Gasteiger partial charge >= 0.3 is 0 Å². The molecule has 1 atom stereocenters. The molecule has 0 amide bonds. The monoisotopic (exact) mass is 253 g/mol. The molecule has 0 radical (unpaired) electrons. The van der Waals surface area contributed by atoms with Crippen LogP contribution in [0.2, 0.25) is 0 Å². The number of fused-ring (bicyclic) bond motifs is 1. The average molecular weight is 253 g/mol. The number of hydrogen-bond acceptors (Lipinski definition) is 2. The number of rotatable bonds is 3. The lowest BCUT2D eigenvalue weighted by Crippen LogP contribution is -2.40. The van der Waals surface area contributed by atoms with Crippen molar-refractivity contribution in [3.05, 3.63) is 36.0 Å². The Labute approximate surface area is 113 Å². The highest BCUT2D eigenvalue weighted by atomic mass is 15.0. The van der Waals surface area contributed by atoms with E-state index in [4.69, 9.17) is 0 Å². The highest BCUT2D eigenvalue weighted by molar-refractivity contribution is 5.84. The summed E-state index contributed by atoms with van der Waals surface area (Å²) in [5, 5.41) is 14.2. The van der Waals surface area contributed by atoms with E-state index < -0.39 is 0 Å². The van der Waals surface area contributed by atoms with E-state index >= 15 is 0 Å². The molecule has 19 heavy (non-hydrogen) atoms. The summed E-state index contributed by atoms with van der Waals surface area (Å²) in [4.78, 5) is 0. The Kier molecular flexibility index (Phi) is 2.83. The lowest BCUT2D eigenvalue weighted by Gasteiger charge is -2.42. The number of nitriles is 1. The van der Waals surface area contributed by atoms with Crippen LogP contribution in [-0.4, -0.2) is 11.6 Å². The number of para-hydroxylation sites is 1. The van der Waals surface area contributed by atoms with E-state index in [1.54, 1.807) is 0 Å². The maximum Gasteiger partial charge on any atom is 0.0769 e. The molecule has 1 fully saturated rings. The molecule has 0 spiro atoms. The molecular weight excluding hydrogens is 234 g/mol. The van der Waals surface area contributed by atoms with E-state index in [0.717, 1.165) is 19.3 Å². The van der Waals surface area contributed by atoms with Crippen LogP contribution >= 0.6 is 0 Å². The van der Waals surface area contributed by atoms with Crippen molar-refractivity contribution in [3.8, 4) is 6.07 Å². The second-order valence-corrected chi connectivity index (χ2v) is 5.56. The number of benzene rings is 1. The fraction of sp³-hybridized carbons (Fsp3) is 0.438. The molecule has 1 N–H and O–H groups in total. The van der Waals surface area contributed by atoms with Crippen LogP contribution in [0.25, 0.3) is 10.9 Å². The minimum Gasteiger partial charge on any atom is -0.350 e. The van der Waals surface area contributed by atoms with Crippen molar-refractivity contribution in [2.24, 2.45) is 12.5 Å². The van der Waals surface area contributed by atoms with Crippen LogP contribution in [0, 0.1) is 16.7 Å². The van der Waals surface area contributed by atoms with Gasteiger partial charge in [0.15, 0.2) is 0 Å². The minimum absolute atomic E-state index is 0.123. The highest BCUT2D eigenvalue weighted by Crippen LogP contribution is 2.50. The van der Waals surface area contributed by atoms with Crippen LogP contribution < -0.4 is 5.32 Å². The van der Waals surface area contributed by atoms with Crippen LogP contribution in [-0.2, 0) is 7.05 Å². The van der Waals surface area contributed by atoms with Gasteiger partial charge in [-0.25, -0.2) is 0 Å². The lowest BCUT2D eigenvalue weighted by atomic mass is 9.63. The molecule has 1 saturated carbocycles. The van der Waals surface area contributed by atoms with Gasteiger partial charge in [-0.3, -0.25) is 0 Å². The van der Waals surface area contributed by atoms with E-state index in [0.29, 0.717) is 0 Å². The third kappa shape index (κ3) is 1.67. The summed E-state index contributed by atoms with van der Waals surface area (Å²) in [5.41, 5.74) is 2.26. The van der Waals surface area contributed by atoms with Crippen LogP contribution in [0.4, 0.5) is 0 Å². The first-order valence-electron chi connectivity index (χ1n) is 6.84. The molecule has 1 unspecified atom stereocenters. The number of nitrogens with zero attached hydrogens (tertiary/aromatic N) is 2. The zero-order valence-electron chi connectivity index (χ0n) is 11.5. The molecule has 3 heteroatoms. The molecule has 3 rings (SSSR count). The van der Waals surface area contributed by atoms with Crippen molar-refractivity contribution >= 4 is 10.9 Å². The normalized spacial score (nSPS) is 18.8. The Morgan fingerprint density at radius 1 is 1.37 bits per heavy atom. The summed E-state index contributed by atoms with van der Waals surface area (Å²) in [6.07, 6.45) is 5.33. The van der Waals surface area contributed by atoms with E-state index in [1.165, 1.54) is 16.5 Å². The standard InChI is InChI=1S/C16H19N3/c1-18-15(16(11-17)8-5-9-16)13-10-19(2)14-7-4-3-6-12(13)14/h3-4,6-7,10,15,18H,5,8-9H2,1-2H3. The molecular formula is C16H19N3. The molecule has 2 aromatic rings. The molecule has 0 aliphatic heterocycles. The summed E-state index contributed by atoms with van der Waals surface area (Å²) in [5.74, 6) is 0. The van der Waals surface area contributed by atoms with E-state index in [9.17, 15) is 5.26 Å². The third-order valence-corrected chi connectivity index (χ3v) is 4.55. The van der Waals surface area contributed by atoms with Gasteiger partial charge in [-0.1, -0.05) is 24.6 Å². The Morgan fingerprint density at radius 2 is 2.11 bits per heavy atom. The largest absolute Gasteiger partial charge is 0.350 e. The van der Waals surface area contributed by atoms with Gasteiger partial charge in [-0.2, -0.15) is 5.26 Å². The third-order valence-electron chi connectivity index (χ3n) is 4.55. The molecule has 0 saturated heterocycles. The van der Waals surface area contributed by atoms with Gasteiger partial charge < -0.3 is 9.88 Å². The van der Waals surface area contributed by atoms with Gasteiger partial charge in [-0.05, 0) is 31.5 Å². The van der Waals surface area contributed by atoms with E-state index in [2.05, 4.69) is 53.5 Å². The summed E-state index contributed by atoms with van der Waals surface area (Å²) in [7, 11) is 4.03. The number of aromatic nitrogens is 1. The topological polar surface area (TPSA) is 40.8 Å². The molecule has 1 aromatic heterocycles. The maximum atomic E-state index is 9.58. The smallest absolute Gasteiger partial charge is 0.0769 e. The lowest BCUT2D eigenvalue weighted by molar-refractivity contribution is 0.150. The Morgan fingerprint density at radius 3 is 2.68 bits per heavy atom. The summed E-state index contributed by atoms with van der Waals surface area (Å²) in [6, 6.07) is 11.1. The summed E-state index contributed by atoms with van der Waals surface area (Å²) < 4.78 is 2.15. The number of aryl methyl sites for hydroxylation is 1. The number of nitrogens with one attached hydrogen (secondary N) is 1. The maximum absolute atomic E-state index is 9.58. The SMILES string of the molecule is CNC(c1cn(C)c2ccccc12)C1(C#N)CCC1. The minimum atomic E-state index is -0.223. The van der Waals surface area contributed by atoms with Gasteiger partial charge in [0.05, 0.1) is 17.5 Å². The van der Waals surface area contributed by atoms with Crippen LogP contribution in [0.1, 0.15) is 30.9 Å². The molecule has 1 aliphatic rings. The predicted octanol–water partition coefficient (Wildman–Crippen LogP) is 3.13. The Bertz CT molecular complexity index is 644. The van der Waals surface area contributed by atoms with E-state index in [-0.39, 0.29) is 11.5 Å². The fourth-order valence-electron chi connectivity index (χ4n) is 3.36. The second-order valence-electron chi connectivity index (χ2n) is 5.56. The first-order valence-corrected chi connectivity index (χ1v) is 6.84. The van der Waals surface area contributed by atoms with Crippen molar-refractivity contribution < 1.29 is 0 Å². The van der Waals surface area contributed by atoms with Crippen molar-refractivity contribution in [2.45, 2.75) is 25.3 Å². The number of hydrogen-bond donors (Lipinski definition) is 1. The molecule has 1 aliphatic carbocycles. The van der Waals surface area contributed by atoms with Gasteiger partial charge in [-0.15, -0.1) is 0 Å². The first kappa shape index (κ1) is 12.3. The second kappa shape index (κ2) is 4.40. The summed E-state index contributed by atoms with van der Waals surface area (Å²) in [6.45, 7) is 0. The van der Waals surface area contributed by atoms with Crippen molar-refractivity contribution in [1.29, 1.82) is 5.26 Å². The molecule has 98 valence electrons. The summed E-state index contributed by atoms with van der Waals surface area (Å²) >= 11 is 0. The van der Waals surface area contributed by atoms with Crippen LogP contribution in [0.3, 0.4) is 0 Å². The predicted molar refractivity (Wildman–Crippen MR) is 76.6 cm³/mol. The molecule has 1 heterocycles. The van der Waals surface area contributed by atoms with E-state index in [1.807, 2.05) is 7.05 Å². The zero-order valence-corrected chi connectivity index (χ0v) is 11.5.